The molecular formula is C17H27F2N. The summed E-state index contributed by atoms with van der Waals surface area (Å²) in [5, 5.41) is 3.46. The lowest BCUT2D eigenvalue weighted by molar-refractivity contribution is 0.283. The lowest BCUT2D eigenvalue weighted by atomic mass is 9.83. The van der Waals surface area contributed by atoms with Crippen LogP contribution in [-0.4, -0.2) is 12.1 Å². The highest BCUT2D eigenvalue weighted by atomic mass is 19.1. The Bertz CT molecular complexity index is 433. The van der Waals surface area contributed by atoms with Gasteiger partial charge in [0.2, 0.25) is 0 Å². The molecular weight excluding hydrogens is 256 g/mol. The van der Waals surface area contributed by atoms with Gasteiger partial charge in [-0.15, -0.1) is 0 Å². The molecule has 1 nitrogen and oxygen atoms in total. The van der Waals surface area contributed by atoms with Crippen molar-refractivity contribution in [2.45, 2.75) is 59.4 Å². The molecule has 0 aromatic heterocycles. The third kappa shape index (κ3) is 6.47. The molecule has 0 aliphatic heterocycles. The first-order valence-electron chi connectivity index (χ1n) is 7.28. The zero-order chi connectivity index (χ0) is 15.4. The fraction of sp³-hybridized carbons (Fsp3) is 0.647. The van der Waals surface area contributed by atoms with Gasteiger partial charge in [-0.1, -0.05) is 13.8 Å². The third-order valence-corrected chi connectivity index (χ3v) is 3.54. The first-order chi connectivity index (χ1) is 9.09. The maximum Gasteiger partial charge on any atom is 0.126 e. The molecule has 1 aromatic rings. The normalized spacial score (nSPS) is 12.8. The zero-order valence-electron chi connectivity index (χ0n) is 13.3. The van der Waals surface area contributed by atoms with Crippen molar-refractivity contribution < 1.29 is 8.78 Å². The highest BCUT2D eigenvalue weighted by Crippen LogP contribution is 2.27. The van der Waals surface area contributed by atoms with Crippen LogP contribution in [0.25, 0.3) is 0 Å². The first-order valence-corrected chi connectivity index (χ1v) is 7.28. The van der Waals surface area contributed by atoms with Crippen LogP contribution in [0.15, 0.2) is 18.2 Å². The van der Waals surface area contributed by atoms with Gasteiger partial charge in [0.25, 0.3) is 0 Å². The van der Waals surface area contributed by atoms with Crippen LogP contribution in [0.3, 0.4) is 0 Å². The SMILES string of the molecule is CC(C)(CCNC(C)(C)C)CCc1cc(F)ccc1F. The fourth-order valence-electron chi connectivity index (χ4n) is 2.11. The maximum absolute atomic E-state index is 13.6. The highest BCUT2D eigenvalue weighted by Gasteiger charge is 2.19. The second kappa shape index (κ2) is 6.66. The van der Waals surface area contributed by atoms with Crippen molar-refractivity contribution in [2.75, 3.05) is 6.54 Å². The number of nitrogens with one attached hydrogen (secondary N) is 1. The van der Waals surface area contributed by atoms with Crippen molar-refractivity contribution in [1.29, 1.82) is 0 Å². The molecule has 0 aliphatic carbocycles. The summed E-state index contributed by atoms with van der Waals surface area (Å²) in [5.41, 5.74) is 0.698. The molecule has 0 saturated carbocycles. The minimum Gasteiger partial charge on any atom is -0.312 e. The number of hydrogen-bond donors (Lipinski definition) is 1. The van der Waals surface area contributed by atoms with E-state index in [1.54, 1.807) is 0 Å². The number of rotatable bonds is 6. The van der Waals surface area contributed by atoms with Gasteiger partial charge in [-0.25, -0.2) is 8.78 Å². The van der Waals surface area contributed by atoms with Gasteiger partial charge in [-0.3, -0.25) is 0 Å². The van der Waals surface area contributed by atoms with Crippen LogP contribution >= 0.6 is 0 Å². The van der Waals surface area contributed by atoms with Gasteiger partial charge in [0.05, 0.1) is 0 Å². The maximum atomic E-state index is 13.6. The predicted octanol–water partition coefficient (Wildman–Crippen LogP) is 4.70. The summed E-state index contributed by atoms with van der Waals surface area (Å²) in [6.07, 6.45) is 2.44. The van der Waals surface area contributed by atoms with Crippen molar-refractivity contribution in [2.24, 2.45) is 5.41 Å². The Hall–Kier alpha value is -0.960. The van der Waals surface area contributed by atoms with E-state index < -0.39 is 0 Å². The van der Waals surface area contributed by atoms with Gasteiger partial charge in [0.15, 0.2) is 0 Å². The molecule has 1 aromatic carbocycles. The third-order valence-electron chi connectivity index (χ3n) is 3.54. The summed E-state index contributed by atoms with van der Waals surface area (Å²) in [7, 11) is 0. The van der Waals surface area contributed by atoms with Gasteiger partial charge in [0, 0.05) is 5.54 Å². The number of aryl methyl sites for hydroxylation is 1. The second-order valence-corrected chi connectivity index (χ2v) is 7.33. The van der Waals surface area contributed by atoms with E-state index in [-0.39, 0.29) is 22.6 Å². The van der Waals surface area contributed by atoms with Crippen LogP contribution in [0.1, 0.15) is 53.0 Å². The van der Waals surface area contributed by atoms with E-state index in [0.717, 1.165) is 25.5 Å². The standard InChI is InChI=1S/C17H27F2N/c1-16(2,3)20-11-10-17(4,5)9-8-13-12-14(18)6-7-15(13)19/h6-7,12,20H,8-11H2,1-5H3. The molecule has 0 spiro atoms. The molecule has 0 aliphatic rings. The summed E-state index contributed by atoms with van der Waals surface area (Å²) >= 11 is 0. The summed E-state index contributed by atoms with van der Waals surface area (Å²) in [6.45, 7) is 11.7. The Balaban J connectivity index is 2.48. The molecule has 0 radical (unpaired) electrons. The average molecular weight is 283 g/mol. The average Bonchev–Trinajstić information content (AvgIpc) is 2.28. The molecule has 114 valence electrons. The fourth-order valence-corrected chi connectivity index (χ4v) is 2.11. The first kappa shape index (κ1) is 17.1. The monoisotopic (exact) mass is 283 g/mol. The predicted molar refractivity (Wildman–Crippen MR) is 80.8 cm³/mol. The number of hydrogen-bond acceptors (Lipinski definition) is 1. The molecule has 0 amide bonds. The van der Waals surface area contributed by atoms with Crippen LogP contribution in [0.2, 0.25) is 0 Å². The van der Waals surface area contributed by atoms with E-state index in [2.05, 4.69) is 39.9 Å². The summed E-state index contributed by atoms with van der Waals surface area (Å²) < 4.78 is 26.7. The van der Waals surface area contributed by atoms with Crippen LogP contribution in [-0.2, 0) is 6.42 Å². The Labute approximate surface area is 121 Å². The molecule has 20 heavy (non-hydrogen) atoms. The largest absolute Gasteiger partial charge is 0.312 e. The molecule has 0 unspecified atom stereocenters. The van der Waals surface area contributed by atoms with E-state index in [9.17, 15) is 8.78 Å². The van der Waals surface area contributed by atoms with Crippen molar-refractivity contribution >= 4 is 0 Å². The minimum atomic E-state index is -0.367. The molecule has 3 heteroatoms. The van der Waals surface area contributed by atoms with Crippen LogP contribution < -0.4 is 5.32 Å². The molecule has 0 fully saturated rings. The van der Waals surface area contributed by atoms with Gasteiger partial charge < -0.3 is 5.32 Å². The lowest BCUT2D eigenvalue weighted by Gasteiger charge is -2.28. The van der Waals surface area contributed by atoms with Crippen LogP contribution in [0.4, 0.5) is 8.78 Å². The molecule has 0 atom stereocenters. The topological polar surface area (TPSA) is 12.0 Å². The van der Waals surface area contributed by atoms with E-state index in [4.69, 9.17) is 0 Å². The van der Waals surface area contributed by atoms with Crippen molar-refractivity contribution in [3.05, 3.63) is 35.4 Å². The second-order valence-electron chi connectivity index (χ2n) is 7.33. The van der Waals surface area contributed by atoms with E-state index >= 15 is 0 Å². The van der Waals surface area contributed by atoms with Gasteiger partial charge >= 0.3 is 0 Å². The quantitative estimate of drug-likeness (QED) is 0.798. The van der Waals surface area contributed by atoms with E-state index in [0.29, 0.717) is 12.0 Å². The Morgan fingerprint density at radius 1 is 1.00 bits per heavy atom. The minimum absolute atomic E-state index is 0.108. The molecule has 0 heterocycles. The Kier molecular flexibility index (Phi) is 5.69. The highest BCUT2D eigenvalue weighted by molar-refractivity contribution is 5.19. The van der Waals surface area contributed by atoms with Gasteiger partial charge in [0.1, 0.15) is 11.6 Å². The molecule has 1 N–H and O–H groups in total. The Morgan fingerprint density at radius 2 is 1.65 bits per heavy atom. The molecule has 1 rings (SSSR count). The summed E-state index contributed by atoms with van der Waals surface area (Å²) in [6, 6.07) is 3.68. The Morgan fingerprint density at radius 3 is 2.25 bits per heavy atom. The summed E-state index contributed by atoms with van der Waals surface area (Å²) in [5.74, 6) is -0.677. The van der Waals surface area contributed by atoms with Crippen molar-refractivity contribution in [3.63, 3.8) is 0 Å². The zero-order valence-corrected chi connectivity index (χ0v) is 13.3. The van der Waals surface area contributed by atoms with Crippen molar-refractivity contribution in [1.82, 2.24) is 5.32 Å². The van der Waals surface area contributed by atoms with E-state index in [1.165, 1.54) is 12.1 Å². The smallest absolute Gasteiger partial charge is 0.126 e. The van der Waals surface area contributed by atoms with Crippen molar-refractivity contribution in [3.8, 4) is 0 Å². The lowest BCUT2D eigenvalue weighted by Crippen LogP contribution is -2.38. The number of benzene rings is 1. The van der Waals surface area contributed by atoms with E-state index in [1.807, 2.05) is 0 Å². The number of halogens is 2. The summed E-state index contributed by atoms with van der Waals surface area (Å²) in [4.78, 5) is 0. The van der Waals surface area contributed by atoms with Gasteiger partial charge in [-0.05, 0) is 75.8 Å². The molecule has 0 saturated heterocycles. The van der Waals surface area contributed by atoms with Crippen LogP contribution in [0.5, 0.6) is 0 Å². The molecule has 0 bridgehead atoms. The van der Waals surface area contributed by atoms with Crippen LogP contribution in [0, 0.1) is 17.0 Å². The van der Waals surface area contributed by atoms with Gasteiger partial charge in [-0.2, -0.15) is 0 Å².